The fourth-order valence-corrected chi connectivity index (χ4v) is 6.84. The third-order valence-electron chi connectivity index (χ3n) is 4.16. The third kappa shape index (κ3) is 4.43. The fourth-order valence-electron chi connectivity index (χ4n) is 2.75. The van der Waals surface area contributed by atoms with Gasteiger partial charge in [0.15, 0.2) is 0 Å². The maximum atomic E-state index is 12.6. The number of piperidine rings is 1. The van der Waals surface area contributed by atoms with E-state index in [-0.39, 0.29) is 11.8 Å². The maximum absolute atomic E-state index is 12.6. The zero-order valence-electron chi connectivity index (χ0n) is 13.4. The molecule has 1 aromatic carbocycles. The van der Waals surface area contributed by atoms with Gasteiger partial charge in [0, 0.05) is 24.0 Å². The van der Waals surface area contributed by atoms with Crippen molar-refractivity contribution in [3.63, 3.8) is 0 Å². The first-order chi connectivity index (χ1) is 12.3. The number of nitrogens with one attached hydrogen (secondary N) is 1. The van der Waals surface area contributed by atoms with Crippen LogP contribution in [0.5, 0.6) is 0 Å². The highest BCUT2D eigenvalue weighted by atomic mass is 79.9. The second kappa shape index (κ2) is 8.16. The SMILES string of the molecule is O=C(Nc1ccc(Cl)cc1Cl)C1CCN(S(=O)(=O)c2ccc(Br)s2)CC1. The monoisotopic (exact) mass is 496 g/mol. The largest absolute Gasteiger partial charge is 0.325 e. The van der Waals surface area contributed by atoms with Crippen molar-refractivity contribution in [2.45, 2.75) is 17.1 Å². The molecule has 26 heavy (non-hydrogen) atoms. The van der Waals surface area contributed by atoms with Crippen LogP contribution < -0.4 is 5.32 Å². The van der Waals surface area contributed by atoms with Gasteiger partial charge in [0.1, 0.15) is 4.21 Å². The van der Waals surface area contributed by atoms with Gasteiger partial charge < -0.3 is 5.32 Å². The normalized spacial score (nSPS) is 16.6. The molecule has 1 saturated heterocycles. The van der Waals surface area contributed by atoms with Gasteiger partial charge in [-0.2, -0.15) is 4.31 Å². The molecule has 0 radical (unpaired) electrons. The van der Waals surface area contributed by atoms with Gasteiger partial charge >= 0.3 is 0 Å². The van der Waals surface area contributed by atoms with E-state index in [1.807, 2.05) is 0 Å². The first kappa shape index (κ1) is 20.1. The van der Waals surface area contributed by atoms with E-state index in [1.54, 1.807) is 30.3 Å². The summed E-state index contributed by atoms with van der Waals surface area (Å²) in [5, 5.41) is 3.66. The van der Waals surface area contributed by atoms with Gasteiger partial charge in [-0.25, -0.2) is 8.42 Å². The molecule has 5 nitrogen and oxygen atoms in total. The Labute approximate surface area is 174 Å². The van der Waals surface area contributed by atoms with Crippen LogP contribution in [0.3, 0.4) is 0 Å². The van der Waals surface area contributed by atoms with Gasteiger partial charge in [-0.3, -0.25) is 4.79 Å². The summed E-state index contributed by atoms with van der Waals surface area (Å²) < 4.78 is 27.8. The van der Waals surface area contributed by atoms with E-state index in [9.17, 15) is 13.2 Å². The molecule has 0 bridgehead atoms. The number of anilines is 1. The number of nitrogens with zero attached hydrogens (tertiary/aromatic N) is 1. The zero-order valence-corrected chi connectivity index (χ0v) is 18.1. The molecule has 2 heterocycles. The summed E-state index contributed by atoms with van der Waals surface area (Å²) in [7, 11) is -3.51. The van der Waals surface area contributed by atoms with E-state index in [0.29, 0.717) is 45.9 Å². The van der Waals surface area contributed by atoms with Gasteiger partial charge in [-0.15, -0.1) is 11.3 Å². The number of benzene rings is 1. The number of rotatable bonds is 4. The minimum absolute atomic E-state index is 0.162. The molecular formula is C16H15BrCl2N2O3S2. The molecule has 0 aliphatic carbocycles. The Kier molecular flexibility index (Phi) is 6.31. The number of hydrogen-bond acceptors (Lipinski definition) is 4. The smallest absolute Gasteiger partial charge is 0.252 e. The summed E-state index contributed by atoms with van der Waals surface area (Å²) in [6.45, 7) is 0.620. The number of sulfonamides is 1. The van der Waals surface area contributed by atoms with E-state index in [1.165, 1.54) is 15.6 Å². The highest BCUT2D eigenvalue weighted by molar-refractivity contribution is 9.11. The quantitative estimate of drug-likeness (QED) is 0.656. The van der Waals surface area contributed by atoms with Crippen molar-refractivity contribution >= 4 is 72.1 Å². The average Bonchev–Trinajstić information content (AvgIpc) is 3.05. The topological polar surface area (TPSA) is 66.5 Å². The molecule has 1 aliphatic rings. The molecule has 1 fully saturated rings. The lowest BCUT2D eigenvalue weighted by Gasteiger charge is -2.30. The van der Waals surface area contributed by atoms with E-state index in [2.05, 4.69) is 21.2 Å². The van der Waals surface area contributed by atoms with Crippen LogP contribution in [0.4, 0.5) is 5.69 Å². The van der Waals surface area contributed by atoms with Crippen molar-refractivity contribution in [3.05, 3.63) is 44.2 Å². The molecule has 3 rings (SSSR count). The molecule has 1 aliphatic heterocycles. The van der Waals surface area contributed by atoms with E-state index >= 15 is 0 Å². The molecule has 0 spiro atoms. The van der Waals surface area contributed by atoms with Crippen LogP contribution in [0, 0.1) is 5.92 Å². The van der Waals surface area contributed by atoms with Gasteiger partial charge in [-0.1, -0.05) is 23.2 Å². The molecule has 0 unspecified atom stereocenters. The standard InChI is InChI=1S/C16H15BrCl2N2O3S2/c17-14-3-4-15(25-14)26(23,24)21-7-5-10(6-8-21)16(22)20-13-2-1-11(18)9-12(13)19/h1-4,9-10H,5-8H2,(H,20,22). The number of amides is 1. The lowest BCUT2D eigenvalue weighted by atomic mass is 9.97. The number of hydrogen-bond donors (Lipinski definition) is 1. The predicted octanol–water partition coefficient (Wildman–Crippen LogP) is 4.86. The van der Waals surface area contributed by atoms with Crippen molar-refractivity contribution in [2.24, 2.45) is 5.92 Å². The highest BCUT2D eigenvalue weighted by Gasteiger charge is 2.33. The van der Waals surface area contributed by atoms with Crippen LogP contribution in [0.25, 0.3) is 0 Å². The van der Waals surface area contributed by atoms with Crippen molar-refractivity contribution in [1.82, 2.24) is 4.31 Å². The Morgan fingerprint density at radius 2 is 1.88 bits per heavy atom. The Balaban J connectivity index is 1.62. The summed E-state index contributed by atoms with van der Waals surface area (Å²) in [4.78, 5) is 12.5. The molecule has 1 amide bonds. The van der Waals surface area contributed by atoms with Crippen LogP contribution in [-0.2, 0) is 14.8 Å². The van der Waals surface area contributed by atoms with Crippen LogP contribution >= 0.6 is 50.5 Å². The zero-order chi connectivity index (χ0) is 18.9. The summed E-state index contributed by atoms with van der Waals surface area (Å²) >= 11 is 16.4. The fraction of sp³-hybridized carbons (Fsp3) is 0.312. The Bertz CT molecular complexity index is 925. The Morgan fingerprint density at radius 3 is 2.46 bits per heavy atom. The number of carbonyl (C=O) groups excluding carboxylic acids is 1. The molecule has 1 N–H and O–H groups in total. The number of thiophene rings is 1. The summed E-state index contributed by atoms with van der Waals surface area (Å²) in [6.07, 6.45) is 0.922. The second-order valence-electron chi connectivity index (χ2n) is 5.85. The van der Waals surface area contributed by atoms with Gasteiger partial charge in [0.25, 0.3) is 10.0 Å². The van der Waals surface area contributed by atoms with Crippen LogP contribution in [-0.4, -0.2) is 31.7 Å². The highest BCUT2D eigenvalue weighted by Crippen LogP contribution is 2.31. The number of carbonyl (C=O) groups is 1. The molecule has 0 atom stereocenters. The molecule has 0 saturated carbocycles. The summed E-state index contributed by atoms with van der Waals surface area (Å²) in [5.41, 5.74) is 0.500. The Morgan fingerprint density at radius 1 is 1.19 bits per heavy atom. The van der Waals surface area contributed by atoms with Gasteiger partial charge in [0.05, 0.1) is 14.5 Å². The lowest BCUT2D eigenvalue weighted by Crippen LogP contribution is -2.41. The predicted molar refractivity (Wildman–Crippen MR) is 109 cm³/mol. The van der Waals surface area contributed by atoms with Gasteiger partial charge in [-0.05, 0) is 59.1 Å². The minimum atomic E-state index is -3.51. The molecule has 140 valence electrons. The van der Waals surface area contributed by atoms with Crippen LogP contribution in [0.2, 0.25) is 10.0 Å². The average molecular weight is 498 g/mol. The van der Waals surface area contributed by atoms with E-state index in [4.69, 9.17) is 23.2 Å². The summed E-state index contributed by atoms with van der Waals surface area (Å²) in [5.74, 6) is -0.423. The second-order valence-corrected chi connectivity index (χ2v) is 11.3. The molecule has 1 aromatic heterocycles. The minimum Gasteiger partial charge on any atom is -0.325 e. The first-order valence-electron chi connectivity index (χ1n) is 7.79. The third-order valence-corrected chi connectivity index (χ3v) is 8.69. The van der Waals surface area contributed by atoms with E-state index < -0.39 is 10.0 Å². The van der Waals surface area contributed by atoms with Crippen molar-refractivity contribution in [3.8, 4) is 0 Å². The molecular weight excluding hydrogens is 483 g/mol. The first-order valence-corrected chi connectivity index (χ1v) is 11.6. The van der Waals surface area contributed by atoms with Crippen LogP contribution in [0.1, 0.15) is 12.8 Å². The number of halogens is 3. The van der Waals surface area contributed by atoms with Crippen molar-refractivity contribution in [2.75, 3.05) is 18.4 Å². The maximum Gasteiger partial charge on any atom is 0.252 e. The molecule has 2 aromatic rings. The van der Waals surface area contributed by atoms with E-state index in [0.717, 1.165) is 3.79 Å². The van der Waals surface area contributed by atoms with Crippen LogP contribution in [0.15, 0.2) is 38.3 Å². The Hall–Kier alpha value is -0.640. The van der Waals surface area contributed by atoms with Crippen molar-refractivity contribution < 1.29 is 13.2 Å². The molecule has 10 heteroatoms. The van der Waals surface area contributed by atoms with Crippen molar-refractivity contribution in [1.29, 1.82) is 0 Å². The lowest BCUT2D eigenvalue weighted by molar-refractivity contribution is -0.120. The summed E-state index contributed by atoms with van der Waals surface area (Å²) in [6, 6.07) is 8.17. The van der Waals surface area contributed by atoms with Gasteiger partial charge in [0.2, 0.25) is 5.91 Å².